The lowest BCUT2D eigenvalue weighted by Gasteiger charge is -2.07. The monoisotopic (exact) mass is 426 g/mol. The Morgan fingerprint density at radius 2 is 1.61 bits per heavy atom. The average molecular weight is 426 g/mol. The molecule has 0 bridgehead atoms. The Morgan fingerprint density at radius 3 is 2.32 bits per heavy atom. The second kappa shape index (κ2) is 6.76. The molecular weight excluding hydrogens is 413 g/mol. The first-order chi connectivity index (χ1) is 14.9. The summed E-state index contributed by atoms with van der Waals surface area (Å²) in [7, 11) is 1.48. The summed E-state index contributed by atoms with van der Waals surface area (Å²) in [6.07, 6.45) is -4.77. The first-order valence-corrected chi connectivity index (χ1v) is 9.10. The van der Waals surface area contributed by atoms with E-state index in [0.717, 1.165) is 0 Å². The molecule has 6 nitrogen and oxygen atoms in total. The Bertz CT molecular complexity index is 1420. The van der Waals surface area contributed by atoms with Gasteiger partial charge in [-0.1, -0.05) is 40.6 Å². The molecule has 9 heteroatoms. The molecule has 0 spiro atoms. The number of phenolic OH excluding ortho intramolecular Hbond substituents is 1. The van der Waals surface area contributed by atoms with E-state index in [4.69, 9.17) is 13.8 Å². The number of hydrogen-bond acceptors (Lipinski definition) is 6. The third-order valence-electron chi connectivity index (χ3n) is 4.99. The molecule has 0 saturated carbocycles. The Balaban J connectivity index is 1.78. The van der Waals surface area contributed by atoms with Crippen LogP contribution in [0.25, 0.3) is 44.5 Å². The summed E-state index contributed by atoms with van der Waals surface area (Å²) in [6.45, 7) is 0. The normalized spacial score (nSPS) is 12.0. The van der Waals surface area contributed by atoms with Gasteiger partial charge >= 0.3 is 6.18 Å². The molecular formula is C22H13F3N2O4. The van der Waals surface area contributed by atoms with Crippen molar-refractivity contribution in [3.8, 4) is 34.3 Å². The minimum absolute atomic E-state index is 0.161. The van der Waals surface area contributed by atoms with Crippen LogP contribution < -0.4 is 4.74 Å². The fourth-order valence-corrected chi connectivity index (χ4v) is 3.57. The number of halogens is 3. The Labute approximate surface area is 172 Å². The molecule has 0 atom stereocenters. The molecule has 0 aliphatic rings. The molecule has 0 unspecified atom stereocenters. The van der Waals surface area contributed by atoms with Crippen molar-refractivity contribution in [2.24, 2.45) is 0 Å². The van der Waals surface area contributed by atoms with Gasteiger partial charge < -0.3 is 18.9 Å². The number of rotatable bonds is 3. The van der Waals surface area contributed by atoms with Gasteiger partial charge in [0.15, 0.2) is 17.2 Å². The molecule has 2 aromatic heterocycles. The highest BCUT2D eigenvalue weighted by Gasteiger charge is 2.42. The second-order valence-corrected chi connectivity index (χ2v) is 6.81. The number of methoxy groups -OCH3 is 1. The molecule has 0 fully saturated rings. The van der Waals surface area contributed by atoms with Crippen LogP contribution in [0.15, 0.2) is 63.6 Å². The number of phenols is 1. The SMILES string of the molecule is COc1ccc2c(c1)c(O)cc1c(-c3noc(-c4ccccc4)c3C(F)(F)F)onc12. The summed E-state index contributed by atoms with van der Waals surface area (Å²) in [5, 5.41) is 19.2. The van der Waals surface area contributed by atoms with Gasteiger partial charge in [0, 0.05) is 16.3 Å². The van der Waals surface area contributed by atoms with E-state index in [1.165, 1.54) is 25.3 Å². The molecule has 0 aliphatic carbocycles. The summed E-state index contributed by atoms with van der Waals surface area (Å²) in [6, 6.07) is 14.0. The van der Waals surface area contributed by atoms with Crippen molar-refractivity contribution in [1.82, 2.24) is 10.3 Å². The zero-order chi connectivity index (χ0) is 21.8. The molecule has 0 radical (unpaired) electrons. The van der Waals surface area contributed by atoms with Crippen LogP contribution in [0.5, 0.6) is 11.5 Å². The second-order valence-electron chi connectivity index (χ2n) is 6.81. The average Bonchev–Trinajstić information content (AvgIpc) is 3.38. The predicted molar refractivity (Wildman–Crippen MR) is 106 cm³/mol. The minimum Gasteiger partial charge on any atom is -0.507 e. The number of aromatic hydroxyl groups is 1. The minimum atomic E-state index is -4.77. The number of nitrogens with zero attached hydrogens (tertiary/aromatic N) is 2. The van der Waals surface area contributed by atoms with Crippen LogP contribution in [0, 0.1) is 0 Å². The van der Waals surface area contributed by atoms with Crippen LogP contribution in [0.3, 0.4) is 0 Å². The molecule has 0 amide bonds. The van der Waals surface area contributed by atoms with Crippen LogP contribution in [0.1, 0.15) is 5.56 Å². The van der Waals surface area contributed by atoms with Crippen LogP contribution in [0.4, 0.5) is 13.2 Å². The van der Waals surface area contributed by atoms with E-state index in [1.807, 2.05) is 0 Å². The number of hydrogen-bond donors (Lipinski definition) is 1. The molecule has 0 saturated heterocycles. The molecule has 2 heterocycles. The highest BCUT2D eigenvalue weighted by atomic mass is 19.4. The van der Waals surface area contributed by atoms with Crippen LogP contribution >= 0.6 is 0 Å². The predicted octanol–water partition coefficient (Wildman–Crippen LogP) is 6.04. The number of alkyl halides is 3. The number of fused-ring (bicyclic) bond motifs is 3. The van der Waals surface area contributed by atoms with Gasteiger partial charge in [0.2, 0.25) is 0 Å². The zero-order valence-electron chi connectivity index (χ0n) is 15.9. The maximum absolute atomic E-state index is 14.0. The van der Waals surface area contributed by atoms with E-state index in [2.05, 4.69) is 10.3 Å². The molecule has 5 aromatic rings. The maximum Gasteiger partial charge on any atom is 0.422 e. The molecule has 0 aliphatic heterocycles. The van der Waals surface area contributed by atoms with Crippen LogP contribution in [0.2, 0.25) is 0 Å². The van der Waals surface area contributed by atoms with Crippen molar-refractivity contribution in [3.63, 3.8) is 0 Å². The third-order valence-corrected chi connectivity index (χ3v) is 4.99. The van der Waals surface area contributed by atoms with Crippen LogP contribution in [-0.4, -0.2) is 22.5 Å². The Hall–Kier alpha value is -4.01. The highest BCUT2D eigenvalue weighted by molar-refractivity contribution is 6.11. The van der Waals surface area contributed by atoms with Crippen molar-refractivity contribution in [2.75, 3.05) is 7.11 Å². The van der Waals surface area contributed by atoms with Gasteiger partial charge in [0.1, 0.15) is 22.6 Å². The highest BCUT2D eigenvalue weighted by Crippen LogP contribution is 2.46. The number of ether oxygens (including phenoxy) is 1. The molecule has 3 aromatic carbocycles. The van der Waals surface area contributed by atoms with Crippen molar-refractivity contribution < 1.29 is 32.1 Å². The lowest BCUT2D eigenvalue weighted by Crippen LogP contribution is -2.07. The molecule has 5 rings (SSSR count). The van der Waals surface area contributed by atoms with Gasteiger partial charge in [0.25, 0.3) is 0 Å². The van der Waals surface area contributed by atoms with Gasteiger partial charge in [-0.25, -0.2) is 0 Å². The smallest absolute Gasteiger partial charge is 0.422 e. The largest absolute Gasteiger partial charge is 0.507 e. The molecule has 31 heavy (non-hydrogen) atoms. The lowest BCUT2D eigenvalue weighted by atomic mass is 10.0. The molecule has 156 valence electrons. The Kier molecular flexibility index (Phi) is 4.14. The quantitative estimate of drug-likeness (QED) is 0.379. The first-order valence-electron chi connectivity index (χ1n) is 9.10. The number of benzene rings is 3. The lowest BCUT2D eigenvalue weighted by molar-refractivity contribution is -0.136. The summed E-state index contributed by atoms with van der Waals surface area (Å²) in [5.74, 6) is -0.330. The van der Waals surface area contributed by atoms with Crippen LogP contribution in [-0.2, 0) is 6.18 Å². The van der Waals surface area contributed by atoms with Crippen molar-refractivity contribution in [1.29, 1.82) is 0 Å². The van der Waals surface area contributed by atoms with E-state index in [0.29, 0.717) is 16.5 Å². The Morgan fingerprint density at radius 1 is 0.871 bits per heavy atom. The first kappa shape index (κ1) is 19.0. The maximum atomic E-state index is 14.0. The van der Waals surface area contributed by atoms with Gasteiger partial charge in [-0.15, -0.1) is 0 Å². The van der Waals surface area contributed by atoms with E-state index >= 15 is 0 Å². The van der Waals surface area contributed by atoms with Crippen molar-refractivity contribution in [2.45, 2.75) is 6.18 Å². The van der Waals surface area contributed by atoms with Gasteiger partial charge in [-0.05, 0) is 24.3 Å². The van der Waals surface area contributed by atoms with Gasteiger partial charge in [-0.2, -0.15) is 13.2 Å². The standard InChI is InChI=1S/C22H13F3N2O4/c1-29-12-7-8-13-14(9-12)16(28)10-15-18(13)26-31-21(15)19-17(22(23,24)25)20(30-27-19)11-5-3-2-4-6-11/h2-10,28H,1H3. The van der Waals surface area contributed by atoms with E-state index in [1.54, 1.807) is 36.4 Å². The van der Waals surface area contributed by atoms with E-state index < -0.39 is 23.2 Å². The van der Waals surface area contributed by atoms with Gasteiger partial charge in [-0.3, -0.25) is 0 Å². The van der Waals surface area contributed by atoms with Crippen molar-refractivity contribution >= 4 is 21.7 Å². The number of aromatic nitrogens is 2. The third kappa shape index (κ3) is 2.97. The van der Waals surface area contributed by atoms with E-state index in [-0.39, 0.29) is 28.0 Å². The van der Waals surface area contributed by atoms with Gasteiger partial charge in [0.05, 0.1) is 12.5 Å². The summed E-state index contributed by atoms with van der Waals surface area (Å²) >= 11 is 0. The zero-order valence-corrected chi connectivity index (χ0v) is 15.9. The topological polar surface area (TPSA) is 81.5 Å². The summed E-state index contributed by atoms with van der Waals surface area (Å²) < 4.78 is 57.6. The summed E-state index contributed by atoms with van der Waals surface area (Å²) in [4.78, 5) is 0. The fourth-order valence-electron chi connectivity index (χ4n) is 3.57. The molecule has 1 N–H and O–H groups in total. The van der Waals surface area contributed by atoms with Crippen molar-refractivity contribution in [3.05, 3.63) is 60.2 Å². The fraction of sp³-hybridized carbons (Fsp3) is 0.0909. The van der Waals surface area contributed by atoms with E-state index in [9.17, 15) is 18.3 Å². The summed E-state index contributed by atoms with van der Waals surface area (Å²) in [5.41, 5.74) is -1.12.